The molecule has 3 heterocycles. The van der Waals surface area contributed by atoms with Crippen LogP contribution in [-0.4, -0.2) is 26.1 Å². The summed E-state index contributed by atoms with van der Waals surface area (Å²) in [6.07, 6.45) is 7.12. The van der Waals surface area contributed by atoms with Crippen LogP contribution in [0, 0.1) is 6.92 Å². The van der Waals surface area contributed by atoms with Crippen molar-refractivity contribution in [3.63, 3.8) is 0 Å². The monoisotopic (exact) mass is 218 g/mol. The third kappa shape index (κ3) is 1.57. The largest absolute Gasteiger partial charge is 0.358 e. The summed E-state index contributed by atoms with van der Waals surface area (Å²) in [5.41, 5.74) is 1.71. The minimum atomic E-state index is 0.102. The molecule has 0 aliphatic carbocycles. The predicted octanol–water partition coefficient (Wildman–Crippen LogP) is 1.83. The van der Waals surface area contributed by atoms with Crippen LogP contribution in [0.15, 0.2) is 12.5 Å². The average Bonchev–Trinajstić information content (AvgIpc) is 2.73. The van der Waals surface area contributed by atoms with E-state index in [2.05, 4.69) is 15.0 Å². The number of ether oxygens (including phenoxy) is 1. The van der Waals surface area contributed by atoms with E-state index in [0.29, 0.717) is 0 Å². The average molecular weight is 218 g/mol. The minimum absolute atomic E-state index is 0.102. The van der Waals surface area contributed by atoms with Gasteiger partial charge in [-0.3, -0.25) is 0 Å². The molecular formula is C11H14N4O. The smallest absolute Gasteiger partial charge is 0.181 e. The van der Waals surface area contributed by atoms with Gasteiger partial charge in [-0.25, -0.2) is 15.0 Å². The lowest BCUT2D eigenvalue weighted by Crippen LogP contribution is -2.17. The molecule has 1 saturated heterocycles. The molecule has 16 heavy (non-hydrogen) atoms. The van der Waals surface area contributed by atoms with Crippen LogP contribution in [0.25, 0.3) is 11.2 Å². The molecule has 1 aliphatic rings. The number of rotatable bonds is 1. The summed E-state index contributed by atoms with van der Waals surface area (Å²) < 4.78 is 7.76. The Labute approximate surface area is 93.5 Å². The molecule has 84 valence electrons. The summed E-state index contributed by atoms with van der Waals surface area (Å²) in [5, 5.41) is 0. The first kappa shape index (κ1) is 9.72. The standard InChI is InChI=1S/C11H14N4O/c1-8-12-6-9-11(14-8)13-7-15(9)10-4-2-3-5-16-10/h6-7,10H,2-5H2,1H3. The maximum atomic E-state index is 5.73. The zero-order valence-corrected chi connectivity index (χ0v) is 9.26. The number of nitrogens with zero attached hydrogens (tertiary/aromatic N) is 4. The molecule has 0 saturated carbocycles. The predicted molar refractivity (Wildman–Crippen MR) is 58.9 cm³/mol. The zero-order valence-electron chi connectivity index (χ0n) is 9.26. The van der Waals surface area contributed by atoms with Crippen molar-refractivity contribution in [1.29, 1.82) is 0 Å². The van der Waals surface area contributed by atoms with E-state index >= 15 is 0 Å². The van der Waals surface area contributed by atoms with Crippen LogP contribution in [0.4, 0.5) is 0 Å². The fraction of sp³-hybridized carbons (Fsp3) is 0.545. The summed E-state index contributed by atoms with van der Waals surface area (Å²) >= 11 is 0. The van der Waals surface area contributed by atoms with Gasteiger partial charge in [0.2, 0.25) is 0 Å². The second-order valence-corrected chi connectivity index (χ2v) is 4.10. The minimum Gasteiger partial charge on any atom is -0.358 e. The highest BCUT2D eigenvalue weighted by Gasteiger charge is 2.18. The number of aryl methyl sites for hydroxylation is 1. The molecule has 0 aromatic carbocycles. The van der Waals surface area contributed by atoms with Crippen molar-refractivity contribution in [3.05, 3.63) is 18.3 Å². The first-order chi connectivity index (χ1) is 7.84. The Kier molecular flexibility index (Phi) is 2.32. The lowest BCUT2D eigenvalue weighted by molar-refractivity contribution is -0.0295. The van der Waals surface area contributed by atoms with E-state index in [9.17, 15) is 0 Å². The molecule has 1 fully saturated rings. The molecule has 0 spiro atoms. The second kappa shape index (κ2) is 3.83. The number of fused-ring (bicyclic) bond motifs is 1. The molecule has 1 unspecified atom stereocenters. The lowest BCUT2D eigenvalue weighted by Gasteiger charge is -2.23. The van der Waals surface area contributed by atoms with E-state index in [4.69, 9.17) is 4.74 Å². The van der Waals surface area contributed by atoms with Gasteiger partial charge in [0.15, 0.2) is 5.65 Å². The van der Waals surface area contributed by atoms with Gasteiger partial charge in [-0.1, -0.05) is 0 Å². The fourth-order valence-electron chi connectivity index (χ4n) is 2.08. The normalized spacial score (nSPS) is 21.4. The van der Waals surface area contributed by atoms with E-state index in [0.717, 1.165) is 36.4 Å². The molecule has 3 rings (SSSR count). The van der Waals surface area contributed by atoms with Gasteiger partial charge in [-0.15, -0.1) is 0 Å². The van der Waals surface area contributed by atoms with Gasteiger partial charge in [0, 0.05) is 6.61 Å². The van der Waals surface area contributed by atoms with E-state index in [1.807, 2.05) is 17.7 Å². The van der Waals surface area contributed by atoms with Crippen molar-refractivity contribution < 1.29 is 4.74 Å². The van der Waals surface area contributed by atoms with Crippen molar-refractivity contribution >= 4 is 11.2 Å². The van der Waals surface area contributed by atoms with Crippen LogP contribution in [0.5, 0.6) is 0 Å². The van der Waals surface area contributed by atoms with Gasteiger partial charge in [0.1, 0.15) is 17.6 Å². The van der Waals surface area contributed by atoms with Crippen LogP contribution in [0.1, 0.15) is 31.3 Å². The molecular weight excluding hydrogens is 204 g/mol. The summed E-state index contributed by atoms with van der Waals surface area (Å²) in [5.74, 6) is 0.752. The van der Waals surface area contributed by atoms with Crippen molar-refractivity contribution in [2.45, 2.75) is 32.4 Å². The Morgan fingerprint density at radius 1 is 1.38 bits per heavy atom. The first-order valence-corrected chi connectivity index (χ1v) is 5.62. The van der Waals surface area contributed by atoms with Gasteiger partial charge in [-0.2, -0.15) is 0 Å². The number of imidazole rings is 1. The number of hydrogen-bond acceptors (Lipinski definition) is 4. The molecule has 2 aromatic heterocycles. The van der Waals surface area contributed by atoms with Crippen LogP contribution >= 0.6 is 0 Å². The first-order valence-electron chi connectivity index (χ1n) is 5.62. The molecule has 2 aromatic rings. The lowest BCUT2D eigenvalue weighted by atomic mass is 10.2. The Balaban J connectivity index is 2.03. The molecule has 1 atom stereocenters. The van der Waals surface area contributed by atoms with Crippen LogP contribution in [0.3, 0.4) is 0 Å². The van der Waals surface area contributed by atoms with Gasteiger partial charge in [0.25, 0.3) is 0 Å². The summed E-state index contributed by atoms with van der Waals surface area (Å²) in [4.78, 5) is 12.8. The van der Waals surface area contributed by atoms with Gasteiger partial charge in [0.05, 0.1) is 12.5 Å². The third-order valence-corrected chi connectivity index (χ3v) is 2.92. The van der Waals surface area contributed by atoms with Crippen molar-refractivity contribution in [2.75, 3.05) is 6.61 Å². The van der Waals surface area contributed by atoms with Crippen LogP contribution in [-0.2, 0) is 4.74 Å². The van der Waals surface area contributed by atoms with Crippen molar-refractivity contribution in [2.24, 2.45) is 0 Å². The maximum absolute atomic E-state index is 5.73. The molecule has 0 radical (unpaired) electrons. The highest BCUT2D eigenvalue weighted by atomic mass is 16.5. The molecule has 0 N–H and O–H groups in total. The zero-order chi connectivity index (χ0) is 11.0. The summed E-state index contributed by atoms with van der Waals surface area (Å²) in [7, 11) is 0. The molecule has 1 aliphatic heterocycles. The van der Waals surface area contributed by atoms with Crippen molar-refractivity contribution in [1.82, 2.24) is 19.5 Å². The van der Waals surface area contributed by atoms with E-state index < -0.39 is 0 Å². The summed E-state index contributed by atoms with van der Waals surface area (Å²) in [6, 6.07) is 0. The number of hydrogen-bond donors (Lipinski definition) is 0. The van der Waals surface area contributed by atoms with Crippen molar-refractivity contribution in [3.8, 4) is 0 Å². The SMILES string of the molecule is Cc1ncc2c(ncn2C2CCCCO2)n1. The van der Waals surface area contributed by atoms with E-state index in [1.54, 1.807) is 6.33 Å². The molecule has 5 heteroatoms. The molecule has 5 nitrogen and oxygen atoms in total. The Morgan fingerprint density at radius 3 is 3.12 bits per heavy atom. The quantitative estimate of drug-likeness (QED) is 0.732. The Hall–Kier alpha value is -1.49. The van der Waals surface area contributed by atoms with E-state index in [1.165, 1.54) is 6.42 Å². The fourth-order valence-corrected chi connectivity index (χ4v) is 2.08. The van der Waals surface area contributed by atoms with Gasteiger partial charge in [-0.05, 0) is 26.2 Å². The van der Waals surface area contributed by atoms with E-state index in [-0.39, 0.29) is 6.23 Å². The Bertz CT molecular complexity index is 502. The maximum Gasteiger partial charge on any atom is 0.181 e. The third-order valence-electron chi connectivity index (χ3n) is 2.92. The molecule has 0 amide bonds. The van der Waals surface area contributed by atoms with Crippen LogP contribution < -0.4 is 0 Å². The topological polar surface area (TPSA) is 52.8 Å². The van der Waals surface area contributed by atoms with Gasteiger partial charge < -0.3 is 9.30 Å². The highest BCUT2D eigenvalue weighted by Crippen LogP contribution is 2.25. The highest BCUT2D eigenvalue weighted by molar-refractivity contribution is 5.69. The number of aromatic nitrogens is 4. The Morgan fingerprint density at radius 2 is 2.31 bits per heavy atom. The second-order valence-electron chi connectivity index (χ2n) is 4.10. The van der Waals surface area contributed by atoms with Gasteiger partial charge >= 0.3 is 0 Å². The van der Waals surface area contributed by atoms with Crippen LogP contribution in [0.2, 0.25) is 0 Å². The molecule has 0 bridgehead atoms. The summed E-state index contributed by atoms with van der Waals surface area (Å²) in [6.45, 7) is 2.70.